The lowest BCUT2D eigenvalue weighted by molar-refractivity contribution is 0.321. The number of thiazole rings is 1. The van der Waals surface area contributed by atoms with Crippen molar-refractivity contribution in [2.24, 2.45) is 5.73 Å². The standard InChI is InChI=1S/C13H18N4S/c1-17(8-4-6-14)9-11-10-18-13(16-11)12-5-2-3-7-15-12/h2-3,5,7,10H,4,6,8-9,14H2,1H3. The van der Waals surface area contributed by atoms with Gasteiger partial charge in [0.05, 0.1) is 11.4 Å². The van der Waals surface area contributed by atoms with Gasteiger partial charge in [0.15, 0.2) is 0 Å². The van der Waals surface area contributed by atoms with E-state index in [0.29, 0.717) is 0 Å². The van der Waals surface area contributed by atoms with Crippen LogP contribution in [0.5, 0.6) is 0 Å². The molecule has 18 heavy (non-hydrogen) atoms. The largest absolute Gasteiger partial charge is 0.330 e. The van der Waals surface area contributed by atoms with E-state index in [0.717, 1.165) is 42.5 Å². The summed E-state index contributed by atoms with van der Waals surface area (Å²) in [4.78, 5) is 11.2. The molecule has 0 bridgehead atoms. The van der Waals surface area contributed by atoms with Gasteiger partial charge in [-0.05, 0) is 38.7 Å². The Morgan fingerprint density at radius 1 is 1.39 bits per heavy atom. The normalized spacial score (nSPS) is 11.1. The highest BCUT2D eigenvalue weighted by Gasteiger charge is 2.07. The molecule has 4 nitrogen and oxygen atoms in total. The Balaban J connectivity index is 1.98. The third kappa shape index (κ3) is 3.60. The summed E-state index contributed by atoms with van der Waals surface area (Å²) in [5, 5.41) is 3.08. The molecule has 0 fully saturated rings. The van der Waals surface area contributed by atoms with E-state index in [1.165, 1.54) is 0 Å². The Morgan fingerprint density at radius 2 is 2.28 bits per heavy atom. The molecule has 2 heterocycles. The summed E-state index contributed by atoms with van der Waals surface area (Å²) in [6.07, 6.45) is 2.82. The van der Waals surface area contributed by atoms with Crippen molar-refractivity contribution in [3.63, 3.8) is 0 Å². The van der Waals surface area contributed by atoms with Crippen LogP contribution in [0.3, 0.4) is 0 Å². The van der Waals surface area contributed by atoms with Gasteiger partial charge in [0.1, 0.15) is 5.01 Å². The van der Waals surface area contributed by atoms with Crippen LogP contribution in [0.15, 0.2) is 29.8 Å². The van der Waals surface area contributed by atoms with Crippen LogP contribution < -0.4 is 5.73 Å². The molecule has 96 valence electrons. The number of rotatable bonds is 6. The van der Waals surface area contributed by atoms with Crippen LogP contribution in [0, 0.1) is 0 Å². The first-order valence-electron chi connectivity index (χ1n) is 6.04. The second kappa shape index (κ2) is 6.58. The molecule has 0 amide bonds. The zero-order chi connectivity index (χ0) is 12.8. The highest BCUT2D eigenvalue weighted by Crippen LogP contribution is 2.21. The highest BCUT2D eigenvalue weighted by atomic mass is 32.1. The Bertz CT molecular complexity index is 469. The smallest absolute Gasteiger partial charge is 0.142 e. The SMILES string of the molecule is CN(CCCN)Cc1csc(-c2ccccn2)n1. The second-order valence-corrected chi connectivity index (χ2v) is 5.10. The monoisotopic (exact) mass is 262 g/mol. The Kier molecular flexibility index (Phi) is 4.81. The second-order valence-electron chi connectivity index (χ2n) is 4.24. The lowest BCUT2D eigenvalue weighted by Crippen LogP contribution is -2.21. The number of hydrogen-bond donors (Lipinski definition) is 1. The molecule has 0 saturated heterocycles. The molecule has 2 N–H and O–H groups in total. The summed E-state index contributed by atoms with van der Waals surface area (Å²) in [5.74, 6) is 0. The third-order valence-electron chi connectivity index (χ3n) is 2.61. The fourth-order valence-corrected chi connectivity index (χ4v) is 2.49. The van der Waals surface area contributed by atoms with E-state index in [-0.39, 0.29) is 0 Å². The molecule has 0 spiro atoms. The Labute approximate surface area is 111 Å². The average Bonchev–Trinajstić information content (AvgIpc) is 2.86. The maximum absolute atomic E-state index is 5.50. The Morgan fingerprint density at radius 3 is 3.00 bits per heavy atom. The van der Waals surface area contributed by atoms with Crippen molar-refractivity contribution in [3.8, 4) is 10.7 Å². The summed E-state index contributed by atoms with van der Waals surface area (Å²) in [6, 6.07) is 5.89. The highest BCUT2D eigenvalue weighted by molar-refractivity contribution is 7.13. The molecule has 0 aliphatic rings. The summed E-state index contributed by atoms with van der Waals surface area (Å²) in [6.45, 7) is 2.61. The molecule has 5 heteroatoms. The van der Waals surface area contributed by atoms with Gasteiger partial charge >= 0.3 is 0 Å². The van der Waals surface area contributed by atoms with Gasteiger partial charge in [-0.15, -0.1) is 11.3 Å². The minimum atomic E-state index is 0.737. The van der Waals surface area contributed by atoms with E-state index in [1.54, 1.807) is 17.5 Å². The van der Waals surface area contributed by atoms with Gasteiger partial charge in [-0.3, -0.25) is 4.98 Å². The number of aromatic nitrogens is 2. The van der Waals surface area contributed by atoms with E-state index in [4.69, 9.17) is 5.73 Å². The van der Waals surface area contributed by atoms with Crippen LogP contribution in [0.4, 0.5) is 0 Å². The van der Waals surface area contributed by atoms with Gasteiger partial charge in [-0.25, -0.2) is 4.98 Å². The van der Waals surface area contributed by atoms with E-state index in [9.17, 15) is 0 Å². The van der Waals surface area contributed by atoms with Crippen molar-refractivity contribution < 1.29 is 0 Å². The van der Waals surface area contributed by atoms with Crippen molar-refractivity contribution in [1.29, 1.82) is 0 Å². The van der Waals surface area contributed by atoms with Gasteiger partial charge in [-0.1, -0.05) is 6.07 Å². The number of pyridine rings is 1. The number of nitrogens with zero attached hydrogens (tertiary/aromatic N) is 3. The summed E-state index contributed by atoms with van der Waals surface area (Å²) >= 11 is 1.64. The van der Waals surface area contributed by atoms with Crippen molar-refractivity contribution >= 4 is 11.3 Å². The van der Waals surface area contributed by atoms with Crippen molar-refractivity contribution in [3.05, 3.63) is 35.5 Å². The minimum Gasteiger partial charge on any atom is -0.330 e. The van der Waals surface area contributed by atoms with Crippen LogP contribution in [-0.4, -0.2) is 35.0 Å². The van der Waals surface area contributed by atoms with Crippen molar-refractivity contribution in [2.45, 2.75) is 13.0 Å². The summed E-state index contributed by atoms with van der Waals surface area (Å²) < 4.78 is 0. The molecule has 2 rings (SSSR count). The lowest BCUT2D eigenvalue weighted by Gasteiger charge is -2.13. The Hall–Kier alpha value is -1.30. The van der Waals surface area contributed by atoms with Gasteiger partial charge < -0.3 is 10.6 Å². The molecule has 2 aromatic heterocycles. The predicted octanol–water partition coefficient (Wildman–Crippen LogP) is 1.99. The number of hydrogen-bond acceptors (Lipinski definition) is 5. The minimum absolute atomic E-state index is 0.737. The van der Waals surface area contributed by atoms with Crippen LogP contribution in [0.25, 0.3) is 10.7 Å². The third-order valence-corrected chi connectivity index (χ3v) is 3.53. The van der Waals surface area contributed by atoms with Gasteiger partial charge in [0.25, 0.3) is 0 Å². The predicted molar refractivity (Wildman–Crippen MR) is 75.4 cm³/mol. The molecule has 2 aromatic rings. The van der Waals surface area contributed by atoms with Crippen molar-refractivity contribution in [2.75, 3.05) is 20.1 Å². The maximum Gasteiger partial charge on any atom is 0.142 e. The first-order valence-corrected chi connectivity index (χ1v) is 6.92. The van der Waals surface area contributed by atoms with E-state index in [2.05, 4.69) is 27.3 Å². The fourth-order valence-electron chi connectivity index (χ4n) is 1.70. The molecule has 0 aliphatic heterocycles. The number of nitrogens with two attached hydrogens (primary N) is 1. The van der Waals surface area contributed by atoms with Crippen LogP contribution in [0.1, 0.15) is 12.1 Å². The quantitative estimate of drug-likeness (QED) is 0.865. The summed E-state index contributed by atoms with van der Waals surface area (Å²) in [5.41, 5.74) is 7.54. The van der Waals surface area contributed by atoms with Crippen LogP contribution in [0.2, 0.25) is 0 Å². The van der Waals surface area contributed by atoms with Crippen LogP contribution in [-0.2, 0) is 6.54 Å². The molecule has 0 unspecified atom stereocenters. The van der Waals surface area contributed by atoms with Gasteiger partial charge in [0.2, 0.25) is 0 Å². The molecule has 0 saturated carbocycles. The maximum atomic E-state index is 5.50. The van der Waals surface area contributed by atoms with E-state index in [1.807, 2.05) is 18.2 Å². The zero-order valence-electron chi connectivity index (χ0n) is 10.5. The fraction of sp³-hybridized carbons (Fsp3) is 0.385. The summed E-state index contributed by atoms with van der Waals surface area (Å²) in [7, 11) is 2.09. The first kappa shape index (κ1) is 13.1. The lowest BCUT2D eigenvalue weighted by atomic mass is 10.3. The molecular formula is C13H18N4S. The first-order chi connectivity index (χ1) is 8.79. The molecular weight excluding hydrogens is 244 g/mol. The van der Waals surface area contributed by atoms with Gasteiger partial charge in [0, 0.05) is 18.1 Å². The van der Waals surface area contributed by atoms with E-state index >= 15 is 0 Å². The molecule has 0 aliphatic carbocycles. The zero-order valence-corrected chi connectivity index (χ0v) is 11.4. The van der Waals surface area contributed by atoms with E-state index < -0.39 is 0 Å². The average molecular weight is 262 g/mol. The topological polar surface area (TPSA) is 55.0 Å². The van der Waals surface area contributed by atoms with Crippen molar-refractivity contribution in [1.82, 2.24) is 14.9 Å². The molecule has 0 atom stereocenters. The van der Waals surface area contributed by atoms with Crippen LogP contribution >= 0.6 is 11.3 Å². The molecule has 0 radical (unpaired) electrons. The van der Waals surface area contributed by atoms with Gasteiger partial charge in [-0.2, -0.15) is 0 Å². The molecule has 0 aromatic carbocycles.